The number of ether oxygens (including phenoxy) is 1. The third-order valence-corrected chi connectivity index (χ3v) is 5.45. The van der Waals surface area contributed by atoms with Crippen LogP contribution in [0.4, 0.5) is 0 Å². The van der Waals surface area contributed by atoms with Crippen LogP contribution in [0.15, 0.2) is 53.6 Å². The van der Waals surface area contributed by atoms with Crippen molar-refractivity contribution >= 4 is 22.7 Å². The zero-order valence-corrected chi connectivity index (χ0v) is 15.3. The molecule has 2 heterocycles. The Morgan fingerprint density at radius 1 is 1.12 bits per heavy atom. The molecule has 1 aliphatic heterocycles. The van der Waals surface area contributed by atoms with Crippen molar-refractivity contribution in [2.24, 2.45) is 5.92 Å². The Balaban J connectivity index is 1.72. The van der Waals surface area contributed by atoms with Crippen molar-refractivity contribution in [2.45, 2.75) is 17.9 Å². The molecule has 0 unspecified atom stereocenters. The zero-order valence-electron chi connectivity index (χ0n) is 14.4. The Bertz CT molecular complexity index is 841. The molecule has 5 heteroatoms. The molecule has 1 aromatic heterocycles. The molecule has 4 rings (SSSR count). The van der Waals surface area contributed by atoms with Gasteiger partial charge in [-0.1, -0.05) is 24.3 Å². The van der Waals surface area contributed by atoms with E-state index < -0.39 is 0 Å². The molecule has 0 saturated carbocycles. The monoisotopic (exact) mass is 353 g/mol. The minimum atomic E-state index is 0.629. The van der Waals surface area contributed by atoms with Crippen molar-refractivity contribution in [3.63, 3.8) is 0 Å². The summed E-state index contributed by atoms with van der Waals surface area (Å²) in [5.74, 6) is 1.55. The molecule has 0 bridgehead atoms. The van der Waals surface area contributed by atoms with Crippen LogP contribution in [-0.4, -0.2) is 35.7 Å². The summed E-state index contributed by atoms with van der Waals surface area (Å²) in [7, 11) is 0. The molecular formula is C20H23N3OS. The van der Waals surface area contributed by atoms with E-state index in [1.807, 2.05) is 22.9 Å². The highest BCUT2D eigenvalue weighted by molar-refractivity contribution is 7.98. The summed E-state index contributed by atoms with van der Waals surface area (Å²) in [5.41, 5.74) is 2.12. The quantitative estimate of drug-likeness (QED) is 0.700. The van der Waals surface area contributed by atoms with Crippen LogP contribution in [0, 0.1) is 5.92 Å². The first-order valence-corrected chi connectivity index (χ1v) is 10.0. The van der Waals surface area contributed by atoms with Crippen LogP contribution >= 0.6 is 11.8 Å². The highest BCUT2D eigenvalue weighted by Crippen LogP contribution is 2.34. The third-order valence-electron chi connectivity index (χ3n) is 4.76. The van der Waals surface area contributed by atoms with E-state index in [2.05, 4.69) is 41.9 Å². The fourth-order valence-electron chi connectivity index (χ4n) is 3.39. The van der Waals surface area contributed by atoms with Crippen LogP contribution in [0.3, 0.4) is 0 Å². The van der Waals surface area contributed by atoms with Gasteiger partial charge in [0, 0.05) is 5.39 Å². The van der Waals surface area contributed by atoms with E-state index in [1.165, 1.54) is 12.8 Å². The molecule has 2 aromatic carbocycles. The van der Waals surface area contributed by atoms with Crippen molar-refractivity contribution in [3.8, 4) is 11.4 Å². The summed E-state index contributed by atoms with van der Waals surface area (Å²) in [6.45, 7) is 2.96. The Morgan fingerprint density at radius 2 is 1.92 bits per heavy atom. The van der Waals surface area contributed by atoms with Gasteiger partial charge in [0.25, 0.3) is 0 Å². The van der Waals surface area contributed by atoms with Crippen LogP contribution in [0.2, 0.25) is 0 Å². The standard InChI is InChI=1S/C20H23N3OS/c1-25-20-17-8-5-9-18(24-14-15-10-12-21-13-11-15)19(17)23(22-20)16-6-3-2-4-7-16/h2-9,15,21H,10-14H2,1H3. The van der Waals surface area contributed by atoms with Crippen molar-refractivity contribution < 1.29 is 4.74 Å². The number of rotatable bonds is 5. The average Bonchev–Trinajstić information content (AvgIpc) is 3.07. The SMILES string of the molecule is CSc1nn(-c2ccccc2)c2c(OCC3CCNCC3)cccc12. The number of hydrogen-bond donors (Lipinski definition) is 1. The maximum absolute atomic E-state index is 6.28. The van der Waals surface area contributed by atoms with E-state index in [1.54, 1.807) is 11.8 Å². The second-order valence-electron chi connectivity index (χ2n) is 6.41. The van der Waals surface area contributed by atoms with Crippen LogP contribution < -0.4 is 10.1 Å². The molecule has 0 amide bonds. The minimum Gasteiger partial charge on any atom is -0.491 e. The van der Waals surface area contributed by atoms with Crippen LogP contribution in [0.5, 0.6) is 5.75 Å². The number of benzene rings is 2. The van der Waals surface area contributed by atoms with Gasteiger partial charge in [-0.05, 0) is 62.4 Å². The summed E-state index contributed by atoms with van der Waals surface area (Å²) in [4.78, 5) is 0. The largest absolute Gasteiger partial charge is 0.491 e. The second-order valence-corrected chi connectivity index (χ2v) is 7.21. The van der Waals surface area contributed by atoms with Crippen LogP contribution in [0.1, 0.15) is 12.8 Å². The van der Waals surface area contributed by atoms with Gasteiger partial charge in [-0.25, -0.2) is 4.68 Å². The molecule has 1 fully saturated rings. The van der Waals surface area contributed by atoms with Crippen molar-refractivity contribution in [2.75, 3.05) is 26.0 Å². The maximum Gasteiger partial charge on any atom is 0.145 e. The summed E-state index contributed by atoms with van der Waals surface area (Å²) >= 11 is 1.67. The molecule has 0 atom stereocenters. The number of hydrogen-bond acceptors (Lipinski definition) is 4. The number of thioether (sulfide) groups is 1. The van der Waals surface area contributed by atoms with Gasteiger partial charge in [-0.3, -0.25) is 0 Å². The van der Waals surface area contributed by atoms with Gasteiger partial charge in [0.15, 0.2) is 0 Å². The number of nitrogens with zero attached hydrogens (tertiary/aromatic N) is 2. The second kappa shape index (κ2) is 7.50. The summed E-state index contributed by atoms with van der Waals surface area (Å²) in [6, 6.07) is 16.5. The van der Waals surface area contributed by atoms with Crippen LogP contribution in [0.25, 0.3) is 16.6 Å². The summed E-state index contributed by atoms with van der Waals surface area (Å²) in [6.07, 6.45) is 4.44. The molecule has 1 N–H and O–H groups in total. The molecule has 0 spiro atoms. The number of para-hydroxylation sites is 2. The van der Waals surface area contributed by atoms with E-state index in [0.717, 1.165) is 47.1 Å². The van der Waals surface area contributed by atoms with Crippen molar-refractivity contribution in [3.05, 3.63) is 48.5 Å². The Labute approximate surface area is 152 Å². The van der Waals surface area contributed by atoms with Gasteiger partial charge in [0.05, 0.1) is 12.3 Å². The first-order valence-electron chi connectivity index (χ1n) is 8.81. The number of piperidine rings is 1. The minimum absolute atomic E-state index is 0.629. The van der Waals surface area contributed by atoms with Gasteiger partial charge < -0.3 is 10.1 Å². The van der Waals surface area contributed by atoms with Gasteiger partial charge in [-0.2, -0.15) is 5.10 Å². The Morgan fingerprint density at radius 3 is 2.68 bits per heavy atom. The van der Waals surface area contributed by atoms with E-state index in [4.69, 9.17) is 9.84 Å². The first-order chi connectivity index (χ1) is 12.4. The van der Waals surface area contributed by atoms with Crippen LogP contribution in [-0.2, 0) is 0 Å². The fraction of sp³-hybridized carbons (Fsp3) is 0.350. The van der Waals surface area contributed by atoms with E-state index in [9.17, 15) is 0 Å². The molecule has 25 heavy (non-hydrogen) atoms. The van der Waals surface area contributed by atoms with Crippen molar-refractivity contribution in [1.29, 1.82) is 0 Å². The topological polar surface area (TPSA) is 39.1 Å². The molecule has 0 radical (unpaired) electrons. The molecular weight excluding hydrogens is 330 g/mol. The smallest absolute Gasteiger partial charge is 0.145 e. The van der Waals surface area contributed by atoms with Gasteiger partial charge in [-0.15, -0.1) is 11.8 Å². The lowest BCUT2D eigenvalue weighted by molar-refractivity contribution is 0.216. The number of nitrogens with one attached hydrogen (secondary N) is 1. The lowest BCUT2D eigenvalue weighted by Crippen LogP contribution is -2.30. The predicted molar refractivity (Wildman–Crippen MR) is 104 cm³/mol. The lowest BCUT2D eigenvalue weighted by Gasteiger charge is -2.23. The van der Waals surface area contributed by atoms with Crippen molar-refractivity contribution in [1.82, 2.24) is 15.1 Å². The highest BCUT2D eigenvalue weighted by Gasteiger charge is 2.18. The molecule has 1 aliphatic rings. The van der Waals surface area contributed by atoms with Gasteiger partial charge in [0.2, 0.25) is 0 Å². The third kappa shape index (κ3) is 3.39. The van der Waals surface area contributed by atoms with Gasteiger partial charge >= 0.3 is 0 Å². The lowest BCUT2D eigenvalue weighted by atomic mass is 9.99. The molecule has 130 valence electrons. The Hall–Kier alpha value is -1.98. The fourth-order valence-corrected chi connectivity index (χ4v) is 3.94. The molecule has 3 aromatic rings. The number of fused-ring (bicyclic) bond motifs is 1. The zero-order chi connectivity index (χ0) is 17.1. The predicted octanol–water partition coefficient (Wildman–Crippen LogP) is 4.13. The van der Waals surface area contributed by atoms with E-state index in [-0.39, 0.29) is 0 Å². The average molecular weight is 353 g/mol. The molecule has 4 nitrogen and oxygen atoms in total. The molecule has 0 aliphatic carbocycles. The Kier molecular flexibility index (Phi) is 4.95. The highest BCUT2D eigenvalue weighted by atomic mass is 32.2. The molecule has 1 saturated heterocycles. The van der Waals surface area contributed by atoms with Gasteiger partial charge in [0.1, 0.15) is 16.3 Å². The van der Waals surface area contributed by atoms with E-state index >= 15 is 0 Å². The van der Waals surface area contributed by atoms with E-state index in [0.29, 0.717) is 5.92 Å². The number of aromatic nitrogens is 2. The normalized spacial score (nSPS) is 15.6. The first kappa shape index (κ1) is 16.5. The summed E-state index contributed by atoms with van der Waals surface area (Å²) < 4.78 is 8.29. The summed E-state index contributed by atoms with van der Waals surface area (Å²) in [5, 5.41) is 10.4. The maximum atomic E-state index is 6.28.